The molecule has 0 aromatic carbocycles. The third-order valence-electron chi connectivity index (χ3n) is 1.77. The highest BCUT2D eigenvalue weighted by molar-refractivity contribution is 7.92. The first-order valence-corrected chi connectivity index (χ1v) is 5.98. The van der Waals surface area contributed by atoms with Gasteiger partial charge in [-0.1, -0.05) is 0 Å². The minimum absolute atomic E-state index is 0.843. The molecule has 0 bridgehead atoms. The van der Waals surface area contributed by atoms with E-state index >= 15 is 0 Å². The first kappa shape index (κ1) is 15.2. The van der Waals surface area contributed by atoms with Gasteiger partial charge in [-0.15, -0.1) is 0 Å². The first-order chi connectivity index (χ1) is 7.12. The van der Waals surface area contributed by atoms with Crippen LogP contribution in [0.4, 0.5) is 13.2 Å². The van der Waals surface area contributed by atoms with E-state index in [0.29, 0.717) is 0 Å². The van der Waals surface area contributed by atoms with Gasteiger partial charge in [-0.25, -0.2) is 8.42 Å². The average molecular weight is 263 g/mol. The molecule has 96 valence electrons. The number of ether oxygens (including phenoxy) is 1. The zero-order chi connectivity index (χ0) is 13.0. The molecule has 0 aromatic rings. The minimum atomic E-state index is -4.70. The van der Waals surface area contributed by atoms with Gasteiger partial charge in [0.05, 0.1) is 18.8 Å². The lowest BCUT2D eigenvalue weighted by Gasteiger charge is -2.17. The molecule has 0 aliphatic carbocycles. The van der Waals surface area contributed by atoms with E-state index in [1.165, 1.54) is 0 Å². The summed E-state index contributed by atoms with van der Waals surface area (Å²) >= 11 is 0. The van der Waals surface area contributed by atoms with Crippen molar-refractivity contribution in [3.8, 4) is 0 Å². The molecule has 0 saturated heterocycles. The Morgan fingerprint density at radius 3 is 2.25 bits per heavy atom. The molecule has 5 nitrogen and oxygen atoms in total. The van der Waals surface area contributed by atoms with Gasteiger partial charge < -0.3 is 10.5 Å². The molecule has 16 heavy (non-hydrogen) atoms. The fourth-order valence-corrected chi connectivity index (χ4v) is 2.43. The maximum atomic E-state index is 12.2. The van der Waals surface area contributed by atoms with Crippen LogP contribution in [0.15, 0.2) is 0 Å². The summed E-state index contributed by atoms with van der Waals surface area (Å²) in [6, 6.07) is 0. The Kier molecular flexibility index (Phi) is 5.20. The quantitative estimate of drug-likeness (QED) is 0.689. The summed E-state index contributed by atoms with van der Waals surface area (Å²) in [5.41, 5.74) is 4.83. The van der Waals surface area contributed by atoms with Gasteiger partial charge in [-0.3, -0.25) is 4.79 Å². The molecule has 0 amide bonds. The predicted molar refractivity (Wildman–Crippen MR) is 49.3 cm³/mol. The molecule has 9 heteroatoms. The Hall–Kier alpha value is -0.830. The molecule has 0 heterocycles. The molecule has 0 fully saturated rings. The second kappa shape index (κ2) is 5.48. The molecule has 0 aromatic heterocycles. The second-order valence-electron chi connectivity index (χ2n) is 3.10. The molecule has 2 N–H and O–H groups in total. The van der Waals surface area contributed by atoms with Crippen LogP contribution in [0.1, 0.15) is 0 Å². The van der Waals surface area contributed by atoms with E-state index in [2.05, 4.69) is 4.74 Å². The van der Waals surface area contributed by atoms with E-state index < -0.39 is 46.0 Å². The predicted octanol–water partition coefficient (Wildman–Crippen LogP) is -0.289. The van der Waals surface area contributed by atoms with E-state index in [4.69, 9.17) is 5.73 Å². The number of sulfone groups is 1. The molecule has 1 atom stereocenters. The summed E-state index contributed by atoms with van der Waals surface area (Å²) in [7, 11) is -3.22. The molecule has 0 aliphatic rings. The number of hydrogen-bond acceptors (Lipinski definition) is 5. The second-order valence-corrected chi connectivity index (χ2v) is 5.21. The third kappa shape index (κ3) is 5.31. The van der Waals surface area contributed by atoms with Gasteiger partial charge in [-0.2, -0.15) is 13.2 Å². The standard InChI is InChI=1S/C7H12F3NO4S/c1-15-6(12)4-16(13,14)3-5(2-11)7(8,9)10/h5H,2-4,11H2,1H3. The van der Waals surface area contributed by atoms with Crippen molar-refractivity contribution in [1.82, 2.24) is 0 Å². The van der Waals surface area contributed by atoms with E-state index in [-0.39, 0.29) is 0 Å². The number of hydrogen-bond donors (Lipinski definition) is 1. The van der Waals surface area contributed by atoms with Crippen LogP contribution in [0.3, 0.4) is 0 Å². The van der Waals surface area contributed by atoms with Gasteiger partial charge in [0.2, 0.25) is 0 Å². The van der Waals surface area contributed by atoms with E-state index in [1.807, 2.05) is 0 Å². The van der Waals surface area contributed by atoms with E-state index in [1.54, 1.807) is 0 Å². The maximum Gasteiger partial charge on any atom is 0.393 e. The van der Waals surface area contributed by atoms with Crippen LogP contribution in [0.2, 0.25) is 0 Å². The fourth-order valence-electron chi connectivity index (χ4n) is 0.900. The molecular formula is C7H12F3NO4S. The Morgan fingerprint density at radius 1 is 1.44 bits per heavy atom. The number of nitrogens with two attached hydrogens (primary N) is 1. The van der Waals surface area contributed by atoms with Crippen molar-refractivity contribution < 1.29 is 31.1 Å². The number of esters is 1. The lowest BCUT2D eigenvalue weighted by molar-refractivity contribution is -0.165. The highest BCUT2D eigenvalue weighted by atomic mass is 32.2. The topological polar surface area (TPSA) is 86.5 Å². The minimum Gasteiger partial charge on any atom is -0.468 e. The average Bonchev–Trinajstić information content (AvgIpc) is 2.11. The zero-order valence-electron chi connectivity index (χ0n) is 8.45. The summed E-state index contributed by atoms with van der Waals surface area (Å²) < 4.78 is 63.0. The largest absolute Gasteiger partial charge is 0.468 e. The van der Waals surface area contributed by atoms with Gasteiger partial charge in [0, 0.05) is 6.54 Å². The van der Waals surface area contributed by atoms with Crippen molar-refractivity contribution in [2.24, 2.45) is 11.7 Å². The molecule has 0 radical (unpaired) electrons. The summed E-state index contributed by atoms with van der Waals surface area (Å²) in [6.07, 6.45) is -4.70. The number of alkyl halides is 3. The number of carbonyl (C=O) groups is 1. The number of methoxy groups -OCH3 is 1. The number of rotatable bonds is 5. The highest BCUT2D eigenvalue weighted by Gasteiger charge is 2.41. The molecule has 0 aliphatic heterocycles. The normalized spacial score (nSPS) is 14.6. The number of carbonyl (C=O) groups excluding carboxylic acids is 1. The smallest absolute Gasteiger partial charge is 0.393 e. The SMILES string of the molecule is COC(=O)CS(=O)(=O)CC(CN)C(F)(F)F. The maximum absolute atomic E-state index is 12.2. The third-order valence-corrected chi connectivity index (χ3v) is 3.35. The summed E-state index contributed by atoms with van der Waals surface area (Å²) in [5, 5.41) is 0. The van der Waals surface area contributed by atoms with Crippen LogP contribution < -0.4 is 5.73 Å². The van der Waals surface area contributed by atoms with Crippen LogP contribution in [0, 0.1) is 5.92 Å². The lowest BCUT2D eigenvalue weighted by atomic mass is 10.2. The van der Waals surface area contributed by atoms with Crippen molar-refractivity contribution in [2.75, 3.05) is 25.2 Å². The Balaban J connectivity index is 4.63. The Bertz CT molecular complexity index is 338. The van der Waals surface area contributed by atoms with Crippen LogP contribution in [0.25, 0.3) is 0 Å². The van der Waals surface area contributed by atoms with Gasteiger partial charge in [0.1, 0.15) is 5.75 Å². The summed E-state index contributed by atoms with van der Waals surface area (Å²) in [5.74, 6) is -5.54. The van der Waals surface area contributed by atoms with Crippen LogP contribution in [-0.4, -0.2) is 45.7 Å². The van der Waals surface area contributed by atoms with Crippen molar-refractivity contribution in [3.05, 3.63) is 0 Å². The van der Waals surface area contributed by atoms with E-state index in [0.717, 1.165) is 7.11 Å². The van der Waals surface area contributed by atoms with E-state index in [9.17, 15) is 26.4 Å². The van der Waals surface area contributed by atoms with Crippen molar-refractivity contribution in [2.45, 2.75) is 6.18 Å². The lowest BCUT2D eigenvalue weighted by Crippen LogP contribution is -2.37. The zero-order valence-corrected chi connectivity index (χ0v) is 9.27. The monoisotopic (exact) mass is 263 g/mol. The Morgan fingerprint density at radius 2 is 1.94 bits per heavy atom. The molecular weight excluding hydrogens is 251 g/mol. The van der Waals surface area contributed by atoms with Gasteiger partial charge >= 0.3 is 12.1 Å². The van der Waals surface area contributed by atoms with Crippen LogP contribution >= 0.6 is 0 Å². The van der Waals surface area contributed by atoms with Crippen molar-refractivity contribution >= 4 is 15.8 Å². The van der Waals surface area contributed by atoms with Crippen molar-refractivity contribution in [3.63, 3.8) is 0 Å². The van der Waals surface area contributed by atoms with Crippen LogP contribution in [0.5, 0.6) is 0 Å². The molecule has 0 saturated carbocycles. The van der Waals surface area contributed by atoms with Gasteiger partial charge in [0.25, 0.3) is 0 Å². The first-order valence-electron chi connectivity index (χ1n) is 4.16. The van der Waals surface area contributed by atoms with Crippen molar-refractivity contribution in [1.29, 1.82) is 0 Å². The number of halogens is 3. The van der Waals surface area contributed by atoms with Gasteiger partial charge in [-0.05, 0) is 0 Å². The molecule has 0 spiro atoms. The molecule has 0 rings (SSSR count). The Labute approximate surface area is 90.7 Å². The summed E-state index contributed by atoms with van der Waals surface area (Å²) in [4.78, 5) is 10.6. The molecule has 1 unspecified atom stereocenters. The summed E-state index contributed by atoms with van der Waals surface area (Å²) in [6.45, 7) is -0.843. The highest BCUT2D eigenvalue weighted by Crippen LogP contribution is 2.26. The fraction of sp³-hybridized carbons (Fsp3) is 0.857. The van der Waals surface area contributed by atoms with Crippen LogP contribution in [-0.2, 0) is 19.4 Å². The van der Waals surface area contributed by atoms with Gasteiger partial charge in [0.15, 0.2) is 9.84 Å².